The van der Waals surface area contributed by atoms with E-state index in [1.807, 2.05) is 60.7 Å². The number of nitrogens with one attached hydrogen (secondary N) is 1. The standard InChI is InChI=1S/C27H22N2O7/c30-23-17-35-25(26(32)29-23)22-12-11-20(27(33)36-16-19-9-5-2-6-10-19)21(28-22)13-14-24(31)34-15-18-7-3-1-4-8-18/h1-14,25H,15-17H2,(H,29,30,32)/b14-13-. The van der Waals surface area contributed by atoms with Crippen molar-refractivity contribution in [2.75, 3.05) is 6.61 Å². The minimum absolute atomic E-state index is 0.0416. The Kier molecular flexibility index (Phi) is 7.94. The van der Waals surface area contributed by atoms with Crippen LogP contribution < -0.4 is 5.32 Å². The predicted octanol–water partition coefficient (Wildman–Crippen LogP) is 2.91. The fourth-order valence-corrected chi connectivity index (χ4v) is 3.35. The molecule has 36 heavy (non-hydrogen) atoms. The predicted molar refractivity (Wildman–Crippen MR) is 127 cm³/mol. The van der Waals surface area contributed by atoms with E-state index in [0.717, 1.165) is 17.2 Å². The SMILES string of the molecule is O=C1COC(c2ccc(C(=O)OCc3ccccc3)c(/C=C\C(=O)OCc3ccccc3)n2)C(=O)N1. The molecule has 1 saturated heterocycles. The first kappa shape index (κ1) is 24.5. The Morgan fingerprint density at radius 2 is 1.56 bits per heavy atom. The van der Waals surface area contributed by atoms with Crippen molar-refractivity contribution in [1.82, 2.24) is 10.3 Å². The van der Waals surface area contributed by atoms with Crippen molar-refractivity contribution in [3.05, 3.63) is 107 Å². The Bertz CT molecular complexity index is 1290. The van der Waals surface area contributed by atoms with Crippen LogP contribution in [0.4, 0.5) is 0 Å². The van der Waals surface area contributed by atoms with Gasteiger partial charge in [0.15, 0.2) is 6.10 Å². The molecule has 1 fully saturated rings. The minimum atomic E-state index is -1.14. The lowest BCUT2D eigenvalue weighted by molar-refractivity contribution is -0.150. The largest absolute Gasteiger partial charge is 0.458 e. The van der Waals surface area contributed by atoms with E-state index in [9.17, 15) is 19.2 Å². The summed E-state index contributed by atoms with van der Waals surface area (Å²) in [6.07, 6.45) is 1.30. The number of morpholine rings is 1. The molecular formula is C27H22N2O7. The number of rotatable bonds is 8. The summed E-state index contributed by atoms with van der Waals surface area (Å²) in [4.78, 5) is 53.0. The van der Waals surface area contributed by atoms with Crippen LogP contribution >= 0.6 is 0 Å². The zero-order valence-corrected chi connectivity index (χ0v) is 19.1. The fourth-order valence-electron chi connectivity index (χ4n) is 3.35. The van der Waals surface area contributed by atoms with E-state index in [1.165, 1.54) is 18.2 Å². The topological polar surface area (TPSA) is 121 Å². The molecule has 0 spiro atoms. The zero-order valence-electron chi connectivity index (χ0n) is 19.1. The lowest BCUT2D eigenvalue weighted by atomic mass is 10.1. The van der Waals surface area contributed by atoms with Crippen LogP contribution in [-0.2, 0) is 41.8 Å². The summed E-state index contributed by atoms with van der Waals surface area (Å²) in [6.45, 7) is -0.191. The van der Waals surface area contributed by atoms with Crippen LogP contribution in [-0.4, -0.2) is 35.3 Å². The van der Waals surface area contributed by atoms with E-state index in [-0.39, 0.29) is 36.8 Å². The van der Waals surface area contributed by atoms with Crippen molar-refractivity contribution < 1.29 is 33.4 Å². The van der Waals surface area contributed by atoms with Crippen molar-refractivity contribution in [1.29, 1.82) is 0 Å². The van der Waals surface area contributed by atoms with Crippen LogP contribution in [0, 0.1) is 0 Å². The van der Waals surface area contributed by atoms with Gasteiger partial charge in [0.25, 0.3) is 11.8 Å². The average Bonchev–Trinajstić information content (AvgIpc) is 2.90. The van der Waals surface area contributed by atoms with Gasteiger partial charge in [0.1, 0.15) is 19.8 Å². The minimum Gasteiger partial charge on any atom is -0.458 e. The second kappa shape index (κ2) is 11.7. The van der Waals surface area contributed by atoms with Crippen molar-refractivity contribution in [2.45, 2.75) is 19.3 Å². The van der Waals surface area contributed by atoms with Crippen molar-refractivity contribution >= 4 is 29.8 Å². The van der Waals surface area contributed by atoms with Crippen LogP contribution in [0.5, 0.6) is 0 Å². The van der Waals surface area contributed by atoms with Gasteiger partial charge in [0.05, 0.1) is 17.0 Å². The quantitative estimate of drug-likeness (QED) is 0.293. The highest BCUT2D eigenvalue weighted by Gasteiger charge is 2.30. The van der Waals surface area contributed by atoms with Crippen LogP contribution in [0.3, 0.4) is 0 Å². The zero-order chi connectivity index (χ0) is 25.3. The first-order chi connectivity index (χ1) is 17.5. The van der Waals surface area contributed by atoms with Crippen LogP contribution in [0.15, 0.2) is 78.9 Å². The van der Waals surface area contributed by atoms with Gasteiger partial charge >= 0.3 is 11.9 Å². The summed E-state index contributed by atoms with van der Waals surface area (Å²) < 4.78 is 15.9. The molecule has 1 unspecified atom stereocenters. The molecule has 0 aliphatic carbocycles. The highest BCUT2D eigenvalue weighted by molar-refractivity contribution is 6.00. The number of pyridine rings is 1. The second-order valence-electron chi connectivity index (χ2n) is 7.76. The molecular weight excluding hydrogens is 464 g/mol. The van der Waals surface area contributed by atoms with Crippen LogP contribution in [0.2, 0.25) is 0 Å². The second-order valence-corrected chi connectivity index (χ2v) is 7.76. The molecule has 182 valence electrons. The van der Waals surface area contributed by atoms with Gasteiger partial charge in [-0.1, -0.05) is 60.7 Å². The number of esters is 2. The normalized spacial score (nSPS) is 15.4. The monoisotopic (exact) mass is 486 g/mol. The summed E-state index contributed by atoms with van der Waals surface area (Å²) in [5.74, 6) is -2.54. The Hall–Kier alpha value is -4.63. The summed E-state index contributed by atoms with van der Waals surface area (Å²) in [5.41, 5.74) is 1.94. The Morgan fingerprint density at radius 1 is 0.917 bits per heavy atom. The molecule has 9 nitrogen and oxygen atoms in total. The average molecular weight is 486 g/mol. The molecule has 1 N–H and O–H groups in total. The van der Waals surface area contributed by atoms with Gasteiger partial charge < -0.3 is 14.2 Å². The molecule has 9 heteroatoms. The summed E-state index contributed by atoms with van der Waals surface area (Å²) in [6, 6.07) is 21.2. The van der Waals surface area contributed by atoms with Crippen LogP contribution in [0.25, 0.3) is 6.08 Å². The van der Waals surface area contributed by atoms with Crippen LogP contribution in [0.1, 0.15) is 39.0 Å². The van der Waals surface area contributed by atoms with Gasteiger partial charge in [-0.25, -0.2) is 14.6 Å². The number of benzene rings is 2. The maximum atomic E-state index is 12.8. The van der Waals surface area contributed by atoms with E-state index < -0.39 is 29.9 Å². The smallest absolute Gasteiger partial charge is 0.340 e. The molecule has 2 heterocycles. The summed E-state index contributed by atoms with van der Waals surface area (Å²) in [7, 11) is 0. The molecule has 0 saturated carbocycles. The summed E-state index contributed by atoms with van der Waals surface area (Å²) >= 11 is 0. The number of hydrogen-bond donors (Lipinski definition) is 1. The first-order valence-electron chi connectivity index (χ1n) is 11.1. The Labute approximate surface area is 206 Å². The van der Waals surface area contributed by atoms with E-state index in [0.29, 0.717) is 0 Å². The van der Waals surface area contributed by atoms with Crippen molar-refractivity contribution in [2.24, 2.45) is 0 Å². The highest BCUT2D eigenvalue weighted by atomic mass is 16.5. The first-order valence-corrected chi connectivity index (χ1v) is 11.1. The highest BCUT2D eigenvalue weighted by Crippen LogP contribution is 2.22. The molecule has 1 atom stereocenters. The molecule has 2 amide bonds. The lowest BCUT2D eigenvalue weighted by Crippen LogP contribution is -2.44. The molecule has 0 bridgehead atoms. The fraction of sp³-hybridized carbons (Fsp3) is 0.148. The van der Waals surface area contributed by atoms with Crippen molar-refractivity contribution in [3.63, 3.8) is 0 Å². The molecule has 2 aromatic carbocycles. The summed E-state index contributed by atoms with van der Waals surface area (Å²) in [5, 5.41) is 2.18. The maximum absolute atomic E-state index is 12.8. The molecule has 3 aromatic rings. The third kappa shape index (κ3) is 6.49. The van der Waals surface area contributed by atoms with Gasteiger partial charge in [0.2, 0.25) is 0 Å². The molecule has 1 aliphatic heterocycles. The van der Waals surface area contributed by atoms with Gasteiger partial charge in [-0.05, 0) is 29.3 Å². The van der Waals surface area contributed by atoms with Gasteiger partial charge in [-0.15, -0.1) is 0 Å². The Balaban J connectivity index is 1.53. The maximum Gasteiger partial charge on any atom is 0.340 e. The Morgan fingerprint density at radius 3 is 2.19 bits per heavy atom. The third-order valence-electron chi connectivity index (χ3n) is 5.13. The molecule has 1 aliphatic rings. The van der Waals surface area contributed by atoms with Gasteiger partial charge in [0, 0.05) is 6.08 Å². The van der Waals surface area contributed by atoms with Gasteiger partial charge in [-0.2, -0.15) is 0 Å². The number of nitrogens with zero attached hydrogens (tertiary/aromatic N) is 1. The van der Waals surface area contributed by atoms with E-state index >= 15 is 0 Å². The van der Waals surface area contributed by atoms with E-state index in [1.54, 1.807) is 0 Å². The lowest BCUT2D eigenvalue weighted by Gasteiger charge is -2.21. The molecule has 1 aromatic heterocycles. The molecule has 0 radical (unpaired) electrons. The third-order valence-corrected chi connectivity index (χ3v) is 5.13. The number of amides is 2. The number of carbonyl (C=O) groups is 4. The van der Waals surface area contributed by atoms with E-state index in [4.69, 9.17) is 14.2 Å². The number of ether oxygens (including phenoxy) is 3. The number of imide groups is 1. The number of aromatic nitrogens is 1. The number of hydrogen-bond acceptors (Lipinski definition) is 8. The van der Waals surface area contributed by atoms with E-state index in [2.05, 4.69) is 10.3 Å². The molecule has 4 rings (SSSR count). The van der Waals surface area contributed by atoms with Gasteiger partial charge in [-0.3, -0.25) is 14.9 Å². The van der Waals surface area contributed by atoms with Crippen molar-refractivity contribution in [3.8, 4) is 0 Å². The number of carbonyl (C=O) groups excluding carboxylic acids is 4.